The highest BCUT2D eigenvalue weighted by molar-refractivity contribution is 5.76. The molecule has 2 fully saturated rings. The first-order chi connectivity index (χ1) is 8.65. The molecule has 0 aliphatic heterocycles. The second-order valence-electron chi connectivity index (χ2n) is 5.76. The van der Waals surface area contributed by atoms with Crippen LogP contribution in [0.15, 0.2) is 0 Å². The van der Waals surface area contributed by atoms with Gasteiger partial charge in [-0.3, -0.25) is 4.79 Å². The van der Waals surface area contributed by atoms with Crippen LogP contribution < -0.4 is 5.73 Å². The SMILES string of the molecule is CCOC1CC(CC(=O)N(C)C(CN)C2CC2)C1. The summed E-state index contributed by atoms with van der Waals surface area (Å²) in [7, 11) is 1.91. The van der Waals surface area contributed by atoms with Gasteiger partial charge in [-0.2, -0.15) is 0 Å². The van der Waals surface area contributed by atoms with E-state index in [9.17, 15) is 4.79 Å². The summed E-state index contributed by atoms with van der Waals surface area (Å²) in [5.41, 5.74) is 5.78. The first-order valence-electron chi connectivity index (χ1n) is 7.23. The van der Waals surface area contributed by atoms with Crippen molar-refractivity contribution in [3.63, 3.8) is 0 Å². The topological polar surface area (TPSA) is 55.6 Å². The number of ether oxygens (including phenoxy) is 1. The van der Waals surface area contributed by atoms with E-state index < -0.39 is 0 Å². The van der Waals surface area contributed by atoms with Gasteiger partial charge in [-0.1, -0.05) is 0 Å². The highest BCUT2D eigenvalue weighted by atomic mass is 16.5. The zero-order valence-electron chi connectivity index (χ0n) is 11.6. The Labute approximate surface area is 110 Å². The van der Waals surface area contributed by atoms with E-state index in [1.807, 2.05) is 18.9 Å². The molecule has 0 saturated heterocycles. The van der Waals surface area contributed by atoms with Crippen molar-refractivity contribution in [2.75, 3.05) is 20.2 Å². The fourth-order valence-corrected chi connectivity index (χ4v) is 2.94. The summed E-state index contributed by atoms with van der Waals surface area (Å²) < 4.78 is 5.52. The van der Waals surface area contributed by atoms with Gasteiger partial charge in [0.25, 0.3) is 0 Å². The molecular weight excluding hydrogens is 228 g/mol. The Kier molecular flexibility index (Phi) is 4.62. The van der Waals surface area contributed by atoms with Crippen LogP contribution >= 0.6 is 0 Å². The van der Waals surface area contributed by atoms with Crippen molar-refractivity contribution in [1.29, 1.82) is 0 Å². The minimum atomic E-state index is 0.261. The molecule has 0 spiro atoms. The van der Waals surface area contributed by atoms with Gasteiger partial charge >= 0.3 is 0 Å². The maximum atomic E-state index is 12.2. The smallest absolute Gasteiger partial charge is 0.222 e. The number of hydrogen-bond acceptors (Lipinski definition) is 3. The Morgan fingerprint density at radius 1 is 1.44 bits per heavy atom. The lowest BCUT2D eigenvalue weighted by molar-refractivity contribution is -0.135. The predicted octanol–water partition coefficient (Wildman–Crippen LogP) is 1.39. The van der Waals surface area contributed by atoms with Gasteiger partial charge in [-0.15, -0.1) is 0 Å². The van der Waals surface area contributed by atoms with Gasteiger partial charge < -0.3 is 15.4 Å². The van der Waals surface area contributed by atoms with E-state index >= 15 is 0 Å². The van der Waals surface area contributed by atoms with Crippen molar-refractivity contribution in [2.24, 2.45) is 17.6 Å². The second-order valence-corrected chi connectivity index (χ2v) is 5.76. The largest absolute Gasteiger partial charge is 0.378 e. The molecule has 0 aromatic carbocycles. The predicted molar refractivity (Wildman–Crippen MR) is 71.1 cm³/mol. The molecule has 0 heterocycles. The quantitative estimate of drug-likeness (QED) is 0.747. The third kappa shape index (κ3) is 3.23. The molecule has 0 radical (unpaired) electrons. The second kappa shape index (κ2) is 6.02. The Morgan fingerprint density at radius 3 is 2.61 bits per heavy atom. The zero-order valence-corrected chi connectivity index (χ0v) is 11.6. The van der Waals surface area contributed by atoms with Crippen molar-refractivity contribution in [3.8, 4) is 0 Å². The third-order valence-corrected chi connectivity index (χ3v) is 4.36. The van der Waals surface area contributed by atoms with Crippen LogP contribution in [0, 0.1) is 11.8 Å². The van der Waals surface area contributed by atoms with Gasteiger partial charge in [0.2, 0.25) is 5.91 Å². The maximum absolute atomic E-state index is 12.2. The monoisotopic (exact) mass is 254 g/mol. The van der Waals surface area contributed by atoms with Crippen LogP contribution in [-0.4, -0.2) is 43.2 Å². The number of carbonyl (C=O) groups excluding carboxylic acids is 1. The first kappa shape index (κ1) is 13.8. The van der Waals surface area contributed by atoms with Gasteiger partial charge in [-0.25, -0.2) is 0 Å². The van der Waals surface area contributed by atoms with Crippen molar-refractivity contribution in [2.45, 2.75) is 51.2 Å². The number of rotatable bonds is 7. The Morgan fingerprint density at radius 2 is 2.11 bits per heavy atom. The van der Waals surface area contributed by atoms with E-state index in [0.717, 1.165) is 19.4 Å². The minimum Gasteiger partial charge on any atom is -0.378 e. The Hall–Kier alpha value is -0.610. The highest BCUT2D eigenvalue weighted by Gasteiger charge is 2.37. The molecule has 2 aliphatic carbocycles. The molecule has 0 bridgehead atoms. The van der Waals surface area contributed by atoms with E-state index in [-0.39, 0.29) is 11.9 Å². The number of amides is 1. The number of likely N-dealkylation sites (N-methyl/N-ethyl adjacent to an activating group) is 1. The van der Waals surface area contributed by atoms with E-state index in [0.29, 0.717) is 30.9 Å². The fraction of sp³-hybridized carbons (Fsp3) is 0.929. The maximum Gasteiger partial charge on any atom is 0.222 e. The molecule has 104 valence electrons. The van der Waals surface area contributed by atoms with E-state index in [1.54, 1.807) is 0 Å². The molecule has 2 N–H and O–H groups in total. The van der Waals surface area contributed by atoms with Gasteiger partial charge in [-0.05, 0) is 44.4 Å². The van der Waals surface area contributed by atoms with Crippen LogP contribution in [0.25, 0.3) is 0 Å². The van der Waals surface area contributed by atoms with Crippen LogP contribution in [0.5, 0.6) is 0 Å². The van der Waals surface area contributed by atoms with Gasteiger partial charge in [0.1, 0.15) is 0 Å². The molecule has 2 aliphatic rings. The fourth-order valence-electron chi connectivity index (χ4n) is 2.94. The number of carbonyl (C=O) groups is 1. The molecule has 2 saturated carbocycles. The molecule has 4 heteroatoms. The standard InChI is InChI=1S/C14H26N2O2/c1-3-18-12-6-10(7-12)8-14(17)16(2)13(9-15)11-4-5-11/h10-13H,3-9,15H2,1-2H3. The van der Waals surface area contributed by atoms with Crippen molar-refractivity contribution in [3.05, 3.63) is 0 Å². The van der Waals surface area contributed by atoms with Gasteiger partial charge in [0.05, 0.1) is 6.10 Å². The van der Waals surface area contributed by atoms with Crippen molar-refractivity contribution >= 4 is 5.91 Å². The van der Waals surface area contributed by atoms with E-state index in [2.05, 4.69) is 0 Å². The van der Waals surface area contributed by atoms with Crippen molar-refractivity contribution in [1.82, 2.24) is 4.90 Å². The summed E-state index contributed by atoms with van der Waals surface area (Å²) in [6, 6.07) is 0.264. The molecule has 2 rings (SSSR count). The molecule has 1 atom stereocenters. The lowest BCUT2D eigenvalue weighted by Gasteiger charge is -2.36. The molecule has 0 aromatic rings. The molecule has 4 nitrogen and oxygen atoms in total. The molecule has 1 unspecified atom stereocenters. The van der Waals surface area contributed by atoms with Crippen LogP contribution in [-0.2, 0) is 9.53 Å². The average molecular weight is 254 g/mol. The molecular formula is C14H26N2O2. The molecule has 0 aromatic heterocycles. The summed E-state index contributed by atoms with van der Waals surface area (Å²) in [6.45, 7) is 3.40. The summed E-state index contributed by atoms with van der Waals surface area (Å²) in [4.78, 5) is 14.1. The van der Waals surface area contributed by atoms with Crippen LogP contribution in [0.3, 0.4) is 0 Å². The number of nitrogens with two attached hydrogens (primary N) is 1. The minimum absolute atomic E-state index is 0.261. The van der Waals surface area contributed by atoms with Crippen molar-refractivity contribution < 1.29 is 9.53 Å². The average Bonchev–Trinajstić information content (AvgIpc) is 3.11. The summed E-state index contributed by atoms with van der Waals surface area (Å²) in [5.74, 6) is 1.44. The molecule has 18 heavy (non-hydrogen) atoms. The molecule has 1 amide bonds. The lowest BCUT2D eigenvalue weighted by Crippen LogP contribution is -2.45. The first-order valence-corrected chi connectivity index (χ1v) is 7.23. The van der Waals surface area contributed by atoms with Crippen LogP contribution in [0.2, 0.25) is 0 Å². The Bertz CT molecular complexity index is 286. The Balaban J connectivity index is 1.71. The third-order valence-electron chi connectivity index (χ3n) is 4.36. The van der Waals surface area contributed by atoms with Crippen LogP contribution in [0.4, 0.5) is 0 Å². The zero-order chi connectivity index (χ0) is 13.1. The summed E-state index contributed by atoms with van der Waals surface area (Å²) >= 11 is 0. The van der Waals surface area contributed by atoms with Gasteiger partial charge in [0.15, 0.2) is 0 Å². The highest BCUT2D eigenvalue weighted by Crippen LogP contribution is 2.36. The van der Waals surface area contributed by atoms with Crippen LogP contribution in [0.1, 0.15) is 39.0 Å². The summed E-state index contributed by atoms with van der Waals surface area (Å²) in [6.07, 6.45) is 5.62. The lowest BCUT2D eigenvalue weighted by atomic mass is 9.79. The van der Waals surface area contributed by atoms with Gasteiger partial charge in [0, 0.05) is 32.7 Å². The summed E-state index contributed by atoms with van der Waals surface area (Å²) in [5, 5.41) is 0. The normalized spacial score (nSPS) is 28.6. The number of nitrogens with zero attached hydrogens (tertiary/aromatic N) is 1. The van der Waals surface area contributed by atoms with E-state index in [4.69, 9.17) is 10.5 Å². The number of hydrogen-bond donors (Lipinski definition) is 1. The van der Waals surface area contributed by atoms with E-state index in [1.165, 1.54) is 12.8 Å².